The van der Waals surface area contributed by atoms with Crippen molar-refractivity contribution in [1.82, 2.24) is 9.97 Å². The fraction of sp³-hybridized carbons (Fsp3) is 0.636. The van der Waals surface area contributed by atoms with Gasteiger partial charge in [0.25, 0.3) is 0 Å². The highest BCUT2D eigenvalue weighted by Crippen LogP contribution is 2.20. The Balaban J connectivity index is 2.28. The molecule has 2 nitrogen and oxygen atoms in total. The summed E-state index contributed by atoms with van der Waals surface area (Å²) in [6, 6.07) is 0. The number of hydrogen-bond acceptors (Lipinski definition) is 3. The van der Waals surface area contributed by atoms with E-state index in [0.29, 0.717) is 0 Å². The Kier molecular flexibility index (Phi) is 3.81. The van der Waals surface area contributed by atoms with Crippen LogP contribution in [0.1, 0.15) is 36.8 Å². The first kappa shape index (κ1) is 11.1. The molecule has 1 aromatic rings. The molecule has 0 atom stereocenters. The van der Waals surface area contributed by atoms with Gasteiger partial charge in [0.05, 0.1) is 5.75 Å². The standard InChI is InChI=1S/C11H16N2S2/c1-2-15-7-10-12-9-6-4-3-5-8(9)11(14)13-10/h2-7H2,1H3,(H,12,13,14). The van der Waals surface area contributed by atoms with Gasteiger partial charge in [-0.05, 0) is 31.4 Å². The molecule has 1 aliphatic carbocycles. The average Bonchev–Trinajstić information content (AvgIpc) is 2.26. The fourth-order valence-corrected chi connectivity index (χ4v) is 2.81. The number of nitrogens with zero attached hydrogens (tertiary/aromatic N) is 1. The monoisotopic (exact) mass is 240 g/mol. The van der Waals surface area contributed by atoms with E-state index in [0.717, 1.165) is 34.8 Å². The number of fused-ring (bicyclic) bond motifs is 1. The minimum Gasteiger partial charge on any atom is -0.346 e. The van der Waals surface area contributed by atoms with Crippen LogP contribution in [0, 0.1) is 4.64 Å². The second kappa shape index (κ2) is 5.12. The van der Waals surface area contributed by atoms with Crippen molar-refractivity contribution in [2.45, 2.75) is 38.4 Å². The molecule has 2 rings (SSSR count). The van der Waals surface area contributed by atoms with Gasteiger partial charge in [0.2, 0.25) is 0 Å². The summed E-state index contributed by atoms with van der Waals surface area (Å²) in [4.78, 5) is 7.90. The second-order valence-electron chi connectivity index (χ2n) is 3.79. The lowest BCUT2D eigenvalue weighted by molar-refractivity contribution is 0.655. The highest BCUT2D eigenvalue weighted by atomic mass is 32.2. The van der Waals surface area contributed by atoms with Crippen LogP contribution in [0.3, 0.4) is 0 Å². The molecule has 82 valence electrons. The number of thioether (sulfide) groups is 1. The molecule has 0 saturated carbocycles. The molecule has 0 bridgehead atoms. The van der Waals surface area contributed by atoms with Crippen molar-refractivity contribution >= 4 is 24.0 Å². The molecule has 1 aromatic heterocycles. The molecule has 1 heterocycles. The van der Waals surface area contributed by atoms with Crippen LogP contribution in [0.4, 0.5) is 0 Å². The van der Waals surface area contributed by atoms with Crippen LogP contribution in [0.15, 0.2) is 0 Å². The summed E-state index contributed by atoms with van der Waals surface area (Å²) in [5, 5.41) is 0. The van der Waals surface area contributed by atoms with Crippen molar-refractivity contribution < 1.29 is 0 Å². The Labute approximate surface area is 99.9 Å². The lowest BCUT2D eigenvalue weighted by Gasteiger charge is -2.16. The van der Waals surface area contributed by atoms with Crippen LogP contribution in [-0.4, -0.2) is 15.7 Å². The van der Waals surface area contributed by atoms with E-state index in [9.17, 15) is 0 Å². The molecular formula is C11H16N2S2. The van der Waals surface area contributed by atoms with Crippen molar-refractivity contribution in [3.8, 4) is 0 Å². The van der Waals surface area contributed by atoms with Gasteiger partial charge in [0.15, 0.2) is 0 Å². The Morgan fingerprint density at radius 2 is 2.20 bits per heavy atom. The normalized spacial score (nSPS) is 15.0. The molecule has 1 aliphatic rings. The topological polar surface area (TPSA) is 28.7 Å². The van der Waals surface area contributed by atoms with Crippen LogP contribution in [-0.2, 0) is 18.6 Å². The number of rotatable bonds is 3. The largest absolute Gasteiger partial charge is 0.346 e. The zero-order chi connectivity index (χ0) is 10.7. The zero-order valence-electron chi connectivity index (χ0n) is 9.01. The van der Waals surface area contributed by atoms with Crippen LogP contribution in [0.2, 0.25) is 0 Å². The average molecular weight is 240 g/mol. The van der Waals surface area contributed by atoms with E-state index in [1.54, 1.807) is 0 Å². The summed E-state index contributed by atoms with van der Waals surface area (Å²) in [7, 11) is 0. The summed E-state index contributed by atoms with van der Waals surface area (Å²) in [5.41, 5.74) is 2.63. The van der Waals surface area contributed by atoms with E-state index >= 15 is 0 Å². The van der Waals surface area contributed by atoms with Gasteiger partial charge in [0.1, 0.15) is 10.5 Å². The molecule has 0 fully saturated rings. The minimum absolute atomic E-state index is 0.829. The zero-order valence-corrected chi connectivity index (χ0v) is 10.6. The van der Waals surface area contributed by atoms with Gasteiger partial charge >= 0.3 is 0 Å². The molecule has 15 heavy (non-hydrogen) atoms. The number of nitrogens with one attached hydrogen (secondary N) is 1. The third kappa shape index (κ3) is 2.61. The highest BCUT2D eigenvalue weighted by Gasteiger charge is 2.12. The summed E-state index contributed by atoms with van der Waals surface area (Å²) >= 11 is 7.22. The fourth-order valence-electron chi connectivity index (χ4n) is 1.94. The smallest absolute Gasteiger partial charge is 0.133 e. The second-order valence-corrected chi connectivity index (χ2v) is 5.45. The summed E-state index contributed by atoms with van der Waals surface area (Å²) in [5.74, 6) is 3.12. The van der Waals surface area contributed by atoms with E-state index in [4.69, 9.17) is 12.2 Å². The van der Waals surface area contributed by atoms with Gasteiger partial charge < -0.3 is 4.98 Å². The van der Waals surface area contributed by atoms with Gasteiger partial charge in [-0.25, -0.2) is 4.98 Å². The van der Waals surface area contributed by atoms with E-state index in [1.165, 1.54) is 24.1 Å². The van der Waals surface area contributed by atoms with Crippen molar-refractivity contribution in [3.63, 3.8) is 0 Å². The number of aromatic nitrogens is 2. The third-order valence-corrected chi connectivity index (χ3v) is 3.92. The Bertz CT molecular complexity index is 398. The van der Waals surface area contributed by atoms with E-state index in [2.05, 4.69) is 16.9 Å². The molecule has 0 spiro atoms. The first-order chi connectivity index (χ1) is 7.31. The van der Waals surface area contributed by atoms with E-state index < -0.39 is 0 Å². The van der Waals surface area contributed by atoms with Crippen molar-refractivity contribution in [2.75, 3.05) is 5.75 Å². The number of hydrogen-bond donors (Lipinski definition) is 1. The Morgan fingerprint density at radius 3 is 3.00 bits per heavy atom. The lowest BCUT2D eigenvalue weighted by Crippen LogP contribution is -2.09. The molecule has 0 unspecified atom stereocenters. The summed E-state index contributed by atoms with van der Waals surface area (Å²) in [6.45, 7) is 2.16. The van der Waals surface area contributed by atoms with Gasteiger partial charge in [0, 0.05) is 11.3 Å². The van der Waals surface area contributed by atoms with Gasteiger partial charge in [-0.15, -0.1) is 0 Å². The molecule has 0 aliphatic heterocycles. The molecule has 0 amide bonds. The maximum atomic E-state index is 5.34. The van der Waals surface area contributed by atoms with Crippen LogP contribution >= 0.6 is 24.0 Å². The predicted molar refractivity (Wildman–Crippen MR) is 67.9 cm³/mol. The first-order valence-corrected chi connectivity index (χ1v) is 7.06. The predicted octanol–water partition coefficient (Wildman–Crippen LogP) is 3.27. The maximum absolute atomic E-state index is 5.34. The Hall–Kier alpha value is -0.350. The van der Waals surface area contributed by atoms with Crippen molar-refractivity contribution in [2.24, 2.45) is 0 Å². The molecule has 4 heteroatoms. The first-order valence-electron chi connectivity index (χ1n) is 5.50. The SMILES string of the molecule is CCSCc1nc(=S)c2c([nH]1)CCCC2. The van der Waals surface area contributed by atoms with Gasteiger partial charge in [-0.1, -0.05) is 19.1 Å². The van der Waals surface area contributed by atoms with Crippen LogP contribution in [0.5, 0.6) is 0 Å². The number of aromatic amines is 1. The van der Waals surface area contributed by atoms with E-state index in [-0.39, 0.29) is 0 Å². The molecule has 1 N–H and O–H groups in total. The molecule has 0 saturated heterocycles. The maximum Gasteiger partial charge on any atom is 0.133 e. The van der Waals surface area contributed by atoms with Gasteiger partial charge in [-0.3, -0.25) is 0 Å². The summed E-state index contributed by atoms with van der Waals surface area (Å²) < 4.78 is 0.829. The van der Waals surface area contributed by atoms with Crippen molar-refractivity contribution in [3.05, 3.63) is 21.7 Å². The number of aryl methyl sites for hydroxylation is 1. The number of H-pyrrole nitrogens is 1. The Morgan fingerprint density at radius 1 is 1.40 bits per heavy atom. The molecule has 0 radical (unpaired) electrons. The van der Waals surface area contributed by atoms with Crippen LogP contribution < -0.4 is 0 Å². The lowest BCUT2D eigenvalue weighted by atomic mass is 9.97. The molecular weight excluding hydrogens is 224 g/mol. The highest BCUT2D eigenvalue weighted by molar-refractivity contribution is 7.98. The molecule has 0 aromatic carbocycles. The van der Waals surface area contributed by atoms with E-state index in [1.807, 2.05) is 11.8 Å². The minimum atomic E-state index is 0.829. The third-order valence-electron chi connectivity index (χ3n) is 2.70. The quantitative estimate of drug-likeness (QED) is 0.822. The van der Waals surface area contributed by atoms with Crippen molar-refractivity contribution in [1.29, 1.82) is 0 Å². The van der Waals surface area contributed by atoms with Crippen LogP contribution in [0.25, 0.3) is 0 Å². The van der Waals surface area contributed by atoms with Gasteiger partial charge in [-0.2, -0.15) is 11.8 Å². The summed E-state index contributed by atoms with van der Waals surface area (Å²) in [6.07, 6.45) is 4.79.